The number of aromatic nitrogens is 1. The minimum Gasteiger partial charge on any atom is -0.466 e. The van der Waals surface area contributed by atoms with Crippen molar-refractivity contribution in [2.75, 3.05) is 31.1 Å². The smallest absolute Gasteiger partial charge is 0.310 e. The van der Waals surface area contributed by atoms with Crippen LogP contribution in [0.2, 0.25) is 0 Å². The van der Waals surface area contributed by atoms with Crippen LogP contribution in [0.3, 0.4) is 0 Å². The first kappa shape index (κ1) is 29.9. The number of unbranched alkanes of at least 4 members (excludes halogenated alkanes) is 3. The first-order valence-corrected chi connectivity index (χ1v) is 14.9. The lowest BCUT2D eigenvalue weighted by molar-refractivity contribution is -0.148. The van der Waals surface area contributed by atoms with E-state index in [4.69, 9.17) is 17.0 Å². The molecule has 0 saturated carbocycles. The van der Waals surface area contributed by atoms with Gasteiger partial charge in [-0.25, -0.2) is 0 Å². The van der Waals surface area contributed by atoms with Crippen molar-refractivity contribution in [3.05, 3.63) is 31.9 Å². The fourth-order valence-corrected chi connectivity index (χ4v) is 6.35. The predicted octanol–water partition coefficient (Wildman–Crippen LogP) is 5.00. The summed E-state index contributed by atoms with van der Waals surface area (Å²) in [6.07, 6.45) is 8.12. The molecule has 2 fully saturated rings. The minimum absolute atomic E-state index is 0.0717. The van der Waals surface area contributed by atoms with E-state index in [1.165, 1.54) is 11.8 Å². The Kier molecular flexibility index (Phi) is 11.0. The number of hydrogen-bond donors (Lipinski definition) is 0. The van der Waals surface area contributed by atoms with Gasteiger partial charge in [-0.2, -0.15) is 5.26 Å². The number of piperidine rings is 1. The molecule has 3 rings (SSSR count). The fourth-order valence-electron chi connectivity index (χ4n) is 5.06. The number of carbonyl (C=O) groups excluding carboxylic acids is 2. The molecule has 1 atom stereocenters. The Morgan fingerprint density at radius 3 is 2.61 bits per heavy atom. The Morgan fingerprint density at radius 1 is 1.18 bits per heavy atom. The van der Waals surface area contributed by atoms with E-state index in [2.05, 4.69) is 13.0 Å². The minimum atomic E-state index is -0.347. The standard InChI is InChI=1S/C28H38N4O4S2/c1-5-8-9-10-15-32-26(34)23(38-28(32)37)16-21-19(4)22(17-29)25(33)31(13-6-2)24(21)30-14-11-12-20(18-30)27(35)36-7-3/h16,20H,5-15,18H2,1-4H3. The Morgan fingerprint density at radius 2 is 1.95 bits per heavy atom. The summed E-state index contributed by atoms with van der Waals surface area (Å²) in [5, 5.41) is 9.87. The molecule has 0 N–H and O–H groups in total. The van der Waals surface area contributed by atoms with Crippen molar-refractivity contribution < 1.29 is 14.3 Å². The zero-order chi connectivity index (χ0) is 27.8. The van der Waals surface area contributed by atoms with E-state index in [0.29, 0.717) is 71.8 Å². The number of amides is 1. The van der Waals surface area contributed by atoms with E-state index in [1.54, 1.807) is 29.4 Å². The number of thiocarbonyl (C=S) groups is 1. The molecule has 10 heteroatoms. The predicted molar refractivity (Wildman–Crippen MR) is 156 cm³/mol. The quantitative estimate of drug-likeness (QED) is 0.162. The molecule has 1 aromatic heterocycles. The first-order valence-electron chi connectivity index (χ1n) is 13.6. The van der Waals surface area contributed by atoms with Crippen molar-refractivity contribution in [1.82, 2.24) is 9.47 Å². The topological polar surface area (TPSA) is 95.6 Å². The monoisotopic (exact) mass is 558 g/mol. The number of hydrogen-bond acceptors (Lipinski definition) is 8. The van der Waals surface area contributed by atoms with Crippen molar-refractivity contribution >= 4 is 52.1 Å². The molecule has 2 saturated heterocycles. The Labute approximate surface area is 235 Å². The molecule has 38 heavy (non-hydrogen) atoms. The number of esters is 1. The van der Waals surface area contributed by atoms with Gasteiger partial charge in [0.1, 0.15) is 21.8 Å². The summed E-state index contributed by atoms with van der Waals surface area (Å²) in [6.45, 7) is 10.1. The van der Waals surface area contributed by atoms with Crippen molar-refractivity contribution in [2.24, 2.45) is 5.92 Å². The lowest BCUT2D eigenvalue weighted by Crippen LogP contribution is -2.43. The molecular formula is C28H38N4O4S2. The summed E-state index contributed by atoms with van der Waals surface area (Å²) < 4.78 is 7.46. The molecule has 206 valence electrons. The summed E-state index contributed by atoms with van der Waals surface area (Å²) in [7, 11) is 0. The maximum Gasteiger partial charge on any atom is 0.310 e. The SMILES string of the molecule is CCCCCCN1C(=O)C(=Cc2c(C)c(C#N)c(=O)n(CCC)c2N2CCCC(C(=O)OCC)C2)SC1=S. The maximum absolute atomic E-state index is 13.4. The molecule has 0 aromatic carbocycles. The highest BCUT2D eigenvalue weighted by atomic mass is 32.2. The van der Waals surface area contributed by atoms with Crippen molar-refractivity contribution in [3.8, 4) is 6.07 Å². The van der Waals surface area contributed by atoms with Crippen molar-refractivity contribution in [2.45, 2.75) is 79.2 Å². The highest BCUT2D eigenvalue weighted by Crippen LogP contribution is 2.37. The molecular weight excluding hydrogens is 520 g/mol. The zero-order valence-electron chi connectivity index (χ0n) is 22.9. The van der Waals surface area contributed by atoms with Crippen LogP contribution in [0.1, 0.15) is 82.4 Å². The van der Waals surface area contributed by atoms with E-state index in [0.717, 1.165) is 32.1 Å². The normalized spacial score (nSPS) is 18.8. The zero-order valence-corrected chi connectivity index (χ0v) is 24.5. The highest BCUT2D eigenvalue weighted by molar-refractivity contribution is 8.26. The van der Waals surface area contributed by atoms with Crippen LogP contribution in [0, 0.1) is 24.2 Å². The van der Waals surface area contributed by atoms with Gasteiger partial charge in [0.25, 0.3) is 11.5 Å². The second-order valence-electron chi connectivity index (χ2n) is 9.74. The van der Waals surface area contributed by atoms with Gasteiger partial charge in [-0.3, -0.25) is 23.9 Å². The summed E-state index contributed by atoms with van der Waals surface area (Å²) in [5.41, 5.74) is 0.917. The molecule has 2 aliphatic rings. The molecule has 2 aliphatic heterocycles. The molecule has 0 radical (unpaired) electrons. The van der Waals surface area contributed by atoms with Gasteiger partial charge in [0.15, 0.2) is 0 Å². The molecule has 0 aliphatic carbocycles. The van der Waals surface area contributed by atoms with E-state index < -0.39 is 0 Å². The largest absolute Gasteiger partial charge is 0.466 e. The van der Waals surface area contributed by atoms with E-state index in [-0.39, 0.29) is 28.9 Å². The Hall–Kier alpha value is -2.64. The van der Waals surface area contributed by atoms with Crippen LogP contribution in [0.15, 0.2) is 9.70 Å². The van der Waals surface area contributed by atoms with E-state index >= 15 is 0 Å². The lowest BCUT2D eigenvalue weighted by atomic mass is 9.96. The number of pyridine rings is 1. The van der Waals surface area contributed by atoms with Crippen LogP contribution in [0.5, 0.6) is 0 Å². The Balaban J connectivity index is 2.10. The number of nitriles is 1. The maximum atomic E-state index is 13.4. The van der Waals surface area contributed by atoms with Gasteiger partial charge in [-0.1, -0.05) is 57.1 Å². The summed E-state index contributed by atoms with van der Waals surface area (Å²) in [5.74, 6) is -0.0383. The second kappa shape index (κ2) is 13.9. The molecule has 1 unspecified atom stereocenters. The first-order chi connectivity index (χ1) is 18.3. The van der Waals surface area contributed by atoms with Gasteiger partial charge in [0.05, 0.1) is 17.4 Å². The summed E-state index contributed by atoms with van der Waals surface area (Å²) in [4.78, 5) is 43.6. The van der Waals surface area contributed by atoms with Crippen LogP contribution in [-0.4, -0.2) is 51.9 Å². The van der Waals surface area contributed by atoms with Gasteiger partial charge in [0, 0.05) is 31.7 Å². The van der Waals surface area contributed by atoms with Gasteiger partial charge >= 0.3 is 5.97 Å². The molecule has 0 spiro atoms. The third kappa shape index (κ3) is 6.49. The van der Waals surface area contributed by atoms with Crippen LogP contribution in [-0.2, 0) is 20.9 Å². The van der Waals surface area contributed by atoms with Crippen molar-refractivity contribution in [1.29, 1.82) is 5.26 Å². The van der Waals surface area contributed by atoms with Crippen molar-refractivity contribution in [3.63, 3.8) is 0 Å². The van der Waals surface area contributed by atoms with Crippen LogP contribution in [0.25, 0.3) is 6.08 Å². The molecule has 1 aromatic rings. The van der Waals surface area contributed by atoms with Gasteiger partial charge in [-0.05, 0) is 51.2 Å². The number of carbonyl (C=O) groups is 2. The van der Waals surface area contributed by atoms with E-state index in [9.17, 15) is 19.6 Å². The highest BCUT2D eigenvalue weighted by Gasteiger charge is 2.34. The van der Waals surface area contributed by atoms with Crippen LogP contribution < -0.4 is 10.5 Å². The average Bonchev–Trinajstić information content (AvgIpc) is 3.17. The third-order valence-corrected chi connectivity index (χ3v) is 8.40. The Bertz CT molecular complexity index is 1200. The van der Waals surface area contributed by atoms with Gasteiger partial charge in [0.2, 0.25) is 0 Å². The summed E-state index contributed by atoms with van der Waals surface area (Å²) in [6, 6.07) is 2.09. The number of rotatable bonds is 11. The number of thioether (sulfide) groups is 1. The van der Waals surface area contributed by atoms with Gasteiger partial charge in [-0.15, -0.1) is 0 Å². The average molecular weight is 559 g/mol. The molecule has 0 bridgehead atoms. The van der Waals surface area contributed by atoms with Crippen LogP contribution in [0.4, 0.5) is 5.82 Å². The number of ether oxygens (including phenoxy) is 1. The fraction of sp³-hybridized carbons (Fsp3) is 0.607. The number of nitrogens with zero attached hydrogens (tertiary/aromatic N) is 4. The molecule has 1 amide bonds. The number of anilines is 1. The third-order valence-electron chi connectivity index (χ3n) is 7.02. The summed E-state index contributed by atoms with van der Waals surface area (Å²) >= 11 is 6.80. The van der Waals surface area contributed by atoms with Gasteiger partial charge < -0.3 is 9.64 Å². The lowest BCUT2D eigenvalue weighted by Gasteiger charge is -2.36. The molecule has 3 heterocycles. The van der Waals surface area contributed by atoms with E-state index in [1.807, 2.05) is 11.8 Å². The van der Waals surface area contributed by atoms with Crippen LogP contribution >= 0.6 is 24.0 Å². The molecule has 8 nitrogen and oxygen atoms in total. The second-order valence-corrected chi connectivity index (χ2v) is 11.4.